The average molecular weight is 585 g/mol. The number of aryl methyl sites for hydroxylation is 2. The van der Waals surface area contributed by atoms with Gasteiger partial charge in [-0.3, -0.25) is 14.5 Å². The summed E-state index contributed by atoms with van der Waals surface area (Å²) in [5.41, 5.74) is 1.58. The number of esters is 1. The van der Waals surface area contributed by atoms with Gasteiger partial charge in [0.2, 0.25) is 17.6 Å². The van der Waals surface area contributed by atoms with Crippen molar-refractivity contribution in [1.82, 2.24) is 25.3 Å². The second-order valence-electron chi connectivity index (χ2n) is 9.81. The number of thiazole rings is 1. The topological polar surface area (TPSA) is 149 Å². The number of carbonyl (C=O) groups excluding carboxylic acids is 3. The maximum absolute atomic E-state index is 13.3. The third-order valence-electron chi connectivity index (χ3n) is 6.47. The molecule has 0 bridgehead atoms. The maximum atomic E-state index is 13.3. The van der Waals surface area contributed by atoms with Crippen molar-refractivity contribution in [1.29, 1.82) is 0 Å². The highest BCUT2D eigenvalue weighted by Crippen LogP contribution is 2.24. The Morgan fingerprint density at radius 1 is 1.17 bits per heavy atom. The molecule has 2 N–H and O–H groups in total. The zero-order valence-electron chi connectivity index (χ0n) is 23.6. The lowest BCUT2D eigenvalue weighted by Crippen LogP contribution is -2.40. The normalized spacial score (nSPS) is 14.4. The van der Waals surface area contributed by atoms with Gasteiger partial charge in [-0.1, -0.05) is 35.5 Å². The smallest absolute Gasteiger partial charge is 0.350 e. The van der Waals surface area contributed by atoms with Crippen LogP contribution in [0.2, 0.25) is 0 Å². The summed E-state index contributed by atoms with van der Waals surface area (Å²) >= 11 is 1.08. The van der Waals surface area contributed by atoms with Crippen LogP contribution in [0.3, 0.4) is 0 Å². The molecule has 13 heteroatoms. The molecule has 0 radical (unpaired) electrons. The minimum absolute atomic E-state index is 0.0484. The van der Waals surface area contributed by atoms with Crippen molar-refractivity contribution in [3.8, 4) is 11.4 Å². The van der Waals surface area contributed by atoms with E-state index in [4.69, 9.17) is 14.0 Å². The van der Waals surface area contributed by atoms with Gasteiger partial charge >= 0.3 is 5.97 Å². The average Bonchev–Trinajstić information content (AvgIpc) is 3.57. The molecule has 0 saturated carbocycles. The first-order valence-corrected chi connectivity index (χ1v) is 14.6. The number of nitrogens with one attached hydrogen (secondary N) is 2. The van der Waals surface area contributed by atoms with E-state index in [0.717, 1.165) is 37.4 Å². The number of ether oxygens (including phenoxy) is 2. The number of nitrogens with zero attached hydrogens (tertiary/aromatic N) is 4. The number of hydrogen-bond acceptors (Lipinski definition) is 11. The molecule has 1 saturated heterocycles. The van der Waals surface area contributed by atoms with Crippen molar-refractivity contribution in [3.05, 3.63) is 46.3 Å². The molecule has 4 rings (SSSR count). The first-order chi connectivity index (χ1) is 19.8. The summed E-state index contributed by atoms with van der Waals surface area (Å²) in [6.07, 6.45) is 2.16. The van der Waals surface area contributed by atoms with E-state index < -0.39 is 12.0 Å². The van der Waals surface area contributed by atoms with Crippen molar-refractivity contribution in [2.24, 2.45) is 0 Å². The van der Waals surface area contributed by atoms with Crippen LogP contribution in [0.15, 0.2) is 28.8 Å². The molecule has 1 atom stereocenters. The molecule has 3 heterocycles. The molecule has 41 heavy (non-hydrogen) atoms. The monoisotopic (exact) mass is 584 g/mol. The molecule has 220 valence electrons. The number of amides is 2. The van der Waals surface area contributed by atoms with Gasteiger partial charge in [0.25, 0.3) is 5.91 Å². The number of hydrogen-bond donors (Lipinski definition) is 2. The summed E-state index contributed by atoms with van der Waals surface area (Å²) in [7, 11) is 0. The first-order valence-electron chi connectivity index (χ1n) is 13.8. The molecular weight excluding hydrogens is 548 g/mol. The molecule has 2 amide bonds. The second-order valence-corrected chi connectivity index (χ2v) is 10.8. The fraction of sp³-hybridized carbons (Fsp3) is 0.500. The van der Waals surface area contributed by atoms with Crippen molar-refractivity contribution >= 4 is 34.3 Å². The predicted octanol–water partition coefficient (Wildman–Crippen LogP) is 3.62. The van der Waals surface area contributed by atoms with Crippen LogP contribution < -0.4 is 10.6 Å². The minimum Gasteiger partial charge on any atom is -0.461 e. The molecule has 0 spiro atoms. The van der Waals surface area contributed by atoms with Gasteiger partial charge in [0, 0.05) is 43.6 Å². The summed E-state index contributed by atoms with van der Waals surface area (Å²) in [4.78, 5) is 49.8. The summed E-state index contributed by atoms with van der Waals surface area (Å²) in [6, 6.07) is 6.53. The summed E-state index contributed by atoms with van der Waals surface area (Å²) in [6.45, 7) is 9.64. The molecule has 3 aromatic rings. The maximum Gasteiger partial charge on any atom is 0.350 e. The van der Waals surface area contributed by atoms with E-state index in [9.17, 15) is 14.4 Å². The molecule has 12 nitrogen and oxygen atoms in total. The Balaban J connectivity index is 1.41. The van der Waals surface area contributed by atoms with E-state index in [2.05, 4.69) is 30.7 Å². The van der Waals surface area contributed by atoms with Crippen LogP contribution in [0.5, 0.6) is 0 Å². The zero-order chi connectivity index (χ0) is 29.2. The van der Waals surface area contributed by atoms with E-state index in [1.54, 1.807) is 38.1 Å². The molecule has 2 aromatic heterocycles. The van der Waals surface area contributed by atoms with Crippen LogP contribution in [0.4, 0.5) is 5.13 Å². The van der Waals surface area contributed by atoms with E-state index in [1.807, 2.05) is 6.92 Å². The Morgan fingerprint density at radius 2 is 1.98 bits per heavy atom. The fourth-order valence-corrected chi connectivity index (χ4v) is 5.27. The number of benzene rings is 1. The summed E-state index contributed by atoms with van der Waals surface area (Å²) in [5, 5.41) is 10.1. The van der Waals surface area contributed by atoms with E-state index >= 15 is 0 Å². The van der Waals surface area contributed by atoms with Gasteiger partial charge < -0.3 is 24.6 Å². The fourth-order valence-electron chi connectivity index (χ4n) is 4.39. The first kappa shape index (κ1) is 30.3. The standard InChI is InChI=1S/C28H36N6O6S/c1-4-13-39-27(37)24-18(2)29-28(41-24)32-23(35)17-22(9-6-10-34-11-14-38-15-12-34)31-26(36)21-8-5-7-20(16-21)25-30-19(3)40-33-25/h5,7-8,16,22H,4,6,9-15,17H2,1-3H3,(H,31,36)(H,29,32,35)/t22-/m0/s1. The quantitative estimate of drug-likeness (QED) is 0.285. The SMILES string of the molecule is CCCOC(=O)c1sc(NC(=O)C[C@H](CCCN2CCOCC2)NC(=O)c2cccc(-c3noc(C)n3)c2)nc1C. The van der Waals surface area contributed by atoms with E-state index in [0.29, 0.717) is 71.2 Å². The number of morpholine rings is 1. The molecule has 1 aliphatic rings. The van der Waals surface area contributed by atoms with Gasteiger partial charge in [-0.15, -0.1) is 0 Å². The lowest BCUT2D eigenvalue weighted by atomic mass is 10.0. The second kappa shape index (κ2) is 14.8. The van der Waals surface area contributed by atoms with Gasteiger partial charge in [0.1, 0.15) is 4.88 Å². The van der Waals surface area contributed by atoms with E-state index in [-0.39, 0.29) is 18.2 Å². The van der Waals surface area contributed by atoms with Crippen molar-refractivity contribution in [3.63, 3.8) is 0 Å². The van der Waals surface area contributed by atoms with Crippen LogP contribution in [0.1, 0.15) is 64.2 Å². The lowest BCUT2D eigenvalue weighted by molar-refractivity contribution is -0.116. The molecular formula is C28H36N6O6S. The van der Waals surface area contributed by atoms with Gasteiger partial charge in [0.05, 0.1) is 25.5 Å². The van der Waals surface area contributed by atoms with Crippen molar-refractivity contribution < 1.29 is 28.4 Å². The highest BCUT2D eigenvalue weighted by molar-refractivity contribution is 7.17. The Morgan fingerprint density at radius 3 is 2.71 bits per heavy atom. The number of aromatic nitrogens is 3. The molecule has 1 fully saturated rings. The molecule has 1 aliphatic heterocycles. The van der Waals surface area contributed by atoms with Crippen LogP contribution in [-0.4, -0.2) is 83.3 Å². The minimum atomic E-state index is -0.450. The Labute approximate surface area is 242 Å². The van der Waals surface area contributed by atoms with Gasteiger partial charge in [0.15, 0.2) is 5.13 Å². The number of rotatable bonds is 13. The van der Waals surface area contributed by atoms with Crippen molar-refractivity contribution in [2.75, 3.05) is 44.8 Å². The van der Waals surface area contributed by atoms with Gasteiger partial charge in [-0.25, -0.2) is 9.78 Å². The van der Waals surface area contributed by atoms with Crippen LogP contribution in [-0.2, 0) is 14.3 Å². The van der Waals surface area contributed by atoms with Crippen LogP contribution >= 0.6 is 11.3 Å². The molecule has 0 aliphatic carbocycles. The Kier molecular flexibility index (Phi) is 10.9. The molecule has 0 unspecified atom stereocenters. The third-order valence-corrected chi connectivity index (χ3v) is 7.53. The van der Waals surface area contributed by atoms with Gasteiger partial charge in [-0.05, 0) is 44.9 Å². The van der Waals surface area contributed by atoms with Crippen LogP contribution in [0, 0.1) is 13.8 Å². The Bertz CT molecular complexity index is 1340. The largest absolute Gasteiger partial charge is 0.461 e. The highest BCUT2D eigenvalue weighted by Gasteiger charge is 2.22. The van der Waals surface area contributed by atoms with Crippen molar-refractivity contribution in [2.45, 2.75) is 52.5 Å². The number of carbonyl (C=O) groups is 3. The number of anilines is 1. The lowest BCUT2D eigenvalue weighted by Gasteiger charge is -2.27. The highest BCUT2D eigenvalue weighted by atomic mass is 32.1. The zero-order valence-corrected chi connectivity index (χ0v) is 24.4. The van der Waals surface area contributed by atoms with Gasteiger partial charge in [-0.2, -0.15) is 4.98 Å². The summed E-state index contributed by atoms with van der Waals surface area (Å²) < 4.78 is 15.7. The van der Waals surface area contributed by atoms with E-state index in [1.165, 1.54) is 0 Å². The van der Waals surface area contributed by atoms with Crippen LogP contribution in [0.25, 0.3) is 11.4 Å². The Hall–Kier alpha value is -3.68. The predicted molar refractivity (Wildman–Crippen MR) is 153 cm³/mol. The summed E-state index contributed by atoms with van der Waals surface area (Å²) in [5.74, 6) is -0.229. The third kappa shape index (κ3) is 8.90. The molecule has 1 aromatic carbocycles.